The molecule has 0 N–H and O–H groups in total. The minimum Gasteiger partial charge on any atom is -0.465 e. The van der Waals surface area contributed by atoms with Gasteiger partial charge in [-0.2, -0.15) is 0 Å². The predicted molar refractivity (Wildman–Crippen MR) is 131 cm³/mol. The number of nitrogens with zero attached hydrogens (tertiary/aromatic N) is 4. The smallest absolute Gasteiger partial charge is 0.337 e. The summed E-state index contributed by atoms with van der Waals surface area (Å²) in [5.74, 6) is 0.903. The van der Waals surface area contributed by atoms with E-state index in [1.54, 1.807) is 6.07 Å². The molecule has 0 fully saturated rings. The zero-order valence-electron chi connectivity index (χ0n) is 19.6. The maximum atomic E-state index is 13.5. The van der Waals surface area contributed by atoms with E-state index in [2.05, 4.69) is 18.4 Å². The normalized spacial score (nSPS) is 12.2. The number of fused-ring (bicyclic) bond motifs is 7. The van der Waals surface area contributed by atoms with Crippen molar-refractivity contribution in [2.24, 2.45) is 5.92 Å². The van der Waals surface area contributed by atoms with Crippen LogP contribution in [0.2, 0.25) is 0 Å². The molecule has 0 aliphatic carbocycles. The van der Waals surface area contributed by atoms with Gasteiger partial charge < -0.3 is 9.30 Å². The summed E-state index contributed by atoms with van der Waals surface area (Å²) >= 11 is 0. The minimum atomic E-state index is -0.392. The van der Waals surface area contributed by atoms with Gasteiger partial charge >= 0.3 is 5.97 Å². The Morgan fingerprint density at radius 2 is 1.76 bits per heavy atom. The Kier molecular flexibility index (Phi) is 5.00. The lowest BCUT2D eigenvalue weighted by atomic mass is 10.1. The van der Waals surface area contributed by atoms with Crippen LogP contribution in [-0.2, 0) is 11.3 Å². The number of benzene rings is 2. The van der Waals surface area contributed by atoms with Crippen molar-refractivity contribution >= 4 is 44.7 Å². The van der Waals surface area contributed by atoms with E-state index in [-0.39, 0.29) is 11.6 Å². The van der Waals surface area contributed by atoms with Gasteiger partial charge in [-0.3, -0.25) is 13.8 Å². The molecular weight excluding hydrogens is 416 g/mol. The second-order valence-corrected chi connectivity index (χ2v) is 9.26. The third-order valence-electron chi connectivity index (χ3n) is 6.31. The molecule has 0 saturated carbocycles. The van der Waals surface area contributed by atoms with E-state index in [1.165, 1.54) is 7.11 Å². The summed E-state index contributed by atoms with van der Waals surface area (Å²) < 4.78 is 11.0. The maximum Gasteiger partial charge on any atom is 0.337 e. The van der Waals surface area contributed by atoms with E-state index >= 15 is 0 Å². The van der Waals surface area contributed by atoms with Crippen molar-refractivity contribution in [3.8, 4) is 0 Å². The molecular formula is C26H28N4O3. The van der Waals surface area contributed by atoms with Crippen LogP contribution >= 0.6 is 0 Å². The van der Waals surface area contributed by atoms with Gasteiger partial charge in [-0.1, -0.05) is 32.0 Å². The Bertz CT molecular complexity index is 1600. The van der Waals surface area contributed by atoms with Crippen molar-refractivity contribution in [2.75, 3.05) is 7.11 Å². The zero-order valence-corrected chi connectivity index (χ0v) is 19.6. The highest BCUT2D eigenvalue weighted by molar-refractivity contribution is 6.05. The molecule has 7 heteroatoms. The van der Waals surface area contributed by atoms with E-state index in [4.69, 9.17) is 9.72 Å². The quantitative estimate of drug-likeness (QED) is 0.351. The predicted octanol–water partition coefficient (Wildman–Crippen LogP) is 5.17. The number of carbonyl (C=O) groups excluding carboxylic acids is 1. The molecule has 170 valence electrons. The first-order valence-electron chi connectivity index (χ1n) is 11.4. The van der Waals surface area contributed by atoms with E-state index in [0.29, 0.717) is 16.9 Å². The van der Waals surface area contributed by atoms with Gasteiger partial charge in [0.25, 0.3) is 5.56 Å². The number of rotatable bonds is 5. The highest BCUT2D eigenvalue weighted by Gasteiger charge is 2.23. The van der Waals surface area contributed by atoms with Crippen LogP contribution in [-0.4, -0.2) is 31.6 Å². The molecule has 5 aromatic rings. The van der Waals surface area contributed by atoms with Crippen LogP contribution in [0.4, 0.5) is 0 Å². The average molecular weight is 445 g/mol. The number of aryl methyl sites for hydroxylation is 1. The summed E-state index contributed by atoms with van der Waals surface area (Å²) in [4.78, 5) is 30.9. The molecule has 2 aromatic carbocycles. The van der Waals surface area contributed by atoms with Gasteiger partial charge in [0.1, 0.15) is 5.52 Å². The summed E-state index contributed by atoms with van der Waals surface area (Å²) in [6.07, 6.45) is 0.985. The van der Waals surface area contributed by atoms with Crippen molar-refractivity contribution in [1.29, 1.82) is 0 Å². The van der Waals surface area contributed by atoms with Crippen LogP contribution in [0.5, 0.6) is 0 Å². The lowest BCUT2D eigenvalue weighted by Gasteiger charge is -2.14. The summed E-state index contributed by atoms with van der Waals surface area (Å²) in [6, 6.07) is 13.1. The van der Waals surface area contributed by atoms with Gasteiger partial charge in [0, 0.05) is 23.4 Å². The third kappa shape index (κ3) is 3.14. The third-order valence-corrected chi connectivity index (χ3v) is 6.31. The van der Waals surface area contributed by atoms with Crippen LogP contribution in [0.3, 0.4) is 0 Å². The van der Waals surface area contributed by atoms with Gasteiger partial charge in [0.2, 0.25) is 5.78 Å². The fraction of sp³-hybridized carbons (Fsp3) is 0.346. The largest absolute Gasteiger partial charge is 0.465 e. The van der Waals surface area contributed by atoms with Crippen LogP contribution < -0.4 is 5.56 Å². The molecule has 0 unspecified atom stereocenters. The van der Waals surface area contributed by atoms with Crippen LogP contribution in [0, 0.1) is 5.92 Å². The lowest BCUT2D eigenvalue weighted by Crippen LogP contribution is -2.23. The molecule has 33 heavy (non-hydrogen) atoms. The number of hydrogen-bond acceptors (Lipinski definition) is 4. The highest BCUT2D eigenvalue weighted by Crippen LogP contribution is 2.31. The summed E-state index contributed by atoms with van der Waals surface area (Å²) in [5, 5.41) is 1.50. The van der Waals surface area contributed by atoms with E-state index in [9.17, 15) is 9.59 Å². The molecule has 5 rings (SSSR count). The van der Waals surface area contributed by atoms with E-state index < -0.39 is 5.97 Å². The number of esters is 1. The van der Waals surface area contributed by atoms with Gasteiger partial charge in [-0.25, -0.2) is 9.78 Å². The Morgan fingerprint density at radius 3 is 2.42 bits per heavy atom. The van der Waals surface area contributed by atoms with Crippen molar-refractivity contribution in [3.63, 3.8) is 0 Å². The lowest BCUT2D eigenvalue weighted by molar-refractivity contribution is 0.0601. The van der Waals surface area contributed by atoms with Crippen LogP contribution in [0.25, 0.3) is 38.7 Å². The molecule has 0 bridgehead atoms. The Balaban J connectivity index is 2.01. The number of imidazole rings is 2. The summed E-state index contributed by atoms with van der Waals surface area (Å²) in [7, 11) is 1.38. The van der Waals surface area contributed by atoms with Crippen LogP contribution in [0.1, 0.15) is 50.5 Å². The van der Waals surface area contributed by atoms with Crippen molar-refractivity contribution in [1.82, 2.24) is 18.5 Å². The zero-order chi connectivity index (χ0) is 23.4. The molecule has 0 aliphatic rings. The summed E-state index contributed by atoms with van der Waals surface area (Å²) in [5.41, 5.74) is 3.78. The number of aromatic nitrogens is 4. The average Bonchev–Trinajstić information content (AvgIpc) is 3.32. The summed E-state index contributed by atoms with van der Waals surface area (Å²) in [6.45, 7) is 9.20. The van der Waals surface area contributed by atoms with E-state index in [1.807, 2.05) is 59.2 Å². The standard InChI is InChI=1S/C26H28N4O3/c1-15(2)12-13-28-20-11-10-17(25(32)33-5)14-21(20)30-23-22(27-26(28)30)18-8-6-7-9-19(18)24(31)29(23)16(3)4/h6-11,14-16H,12-13H2,1-5H3. The fourth-order valence-corrected chi connectivity index (χ4v) is 4.68. The maximum absolute atomic E-state index is 13.5. The minimum absolute atomic E-state index is 0.0397. The molecule has 3 heterocycles. The number of carbonyl (C=O) groups is 1. The Morgan fingerprint density at radius 1 is 1.03 bits per heavy atom. The van der Waals surface area contributed by atoms with Crippen molar-refractivity contribution in [3.05, 3.63) is 58.4 Å². The number of pyridine rings is 1. The number of hydrogen-bond donors (Lipinski definition) is 0. The fourth-order valence-electron chi connectivity index (χ4n) is 4.68. The first-order valence-corrected chi connectivity index (χ1v) is 11.4. The first-order chi connectivity index (χ1) is 15.8. The highest BCUT2D eigenvalue weighted by atomic mass is 16.5. The number of ether oxygens (including phenoxy) is 1. The topological polar surface area (TPSA) is 70.5 Å². The Labute approximate surface area is 191 Å². The molecule has 0 saturated heterocycles. The SMILES string of the molecule is COC(=O)c1ccc2c(c1)n1c3c(nc1n2CCC(C)C)c1ccccc1c(=O)n3C(C)C. The van der Waals surface area contributed by atoms with Crippen LogP contribution in [0.15, 0.2) is 47.3 Å². The molecule has 0 amide bonds. The monoisotopic (exact) mass is 444 g/mol. The van der Waals surface area contributed by atoms with Gasteiger partial charge in [0.05, 0.1) is 23.7 Å². The molecule has 7 nitrogen and oxygen atoms in total. The van der Waals surface area contributed by atoms with Gasteiger partial charge in [-0.05, 0) is 50.5 Å². The first kappa shape index (κ1) is 21.2. The molecule has 0 spiro atoms. The number of methoxy groups -OCH3 is 1. The van der Waals surface area contributed by atoms with E-state index in [0.717, 1.165) is 46.3 Å². The molecule has 3 aromatic heterocycles. The molecule has 0 radical (unpaired) electrons. The van der Waals surface area contributed by atoms with Gasteiger partial charge in [0.15, 0.2) is 5.65 Å². The second kappa shape index (κ2) is 7.76. The Hall–Kier alpha value is -3.61. The van der Waals surface area contributed by atoms with Crippen molar-refractivity contribution in [2.45, 2.75) is 46.7 Å². The molecule has 0 atom stereocenters. The van der Waals surface area contributed by atoms with Gasteiger partial charge in [-0.15, -0.1) is 0 Å². The second-order valence-electron chi connectivity index (χ2n) is 9.26. The van der Waals surface area contributed by atoms with Crippen molar-refractivity contribution < 1.29 is 9.53 Å². The molecule has 0 aliphatic heterocycles.